The van der Waals surface area contributed by atoms with Crippen LogP contribution in [0.2, 0.25) is 0 Å². The summed E-state index contributed by atoms with van der Waals surface area (Å²) < 4.78 is 0. The minimum absolute atomic E-state index is 0.00702. The Kier molecular flexibility index (Phi) is 4.79. The number of hydrogen-bond donors (Lipinski definition) is 1. The van der Waals surface area contributed by atoms with Gasteiger partial charge in [-0.2, -0.15) is 27.1 Å². The van der Waals surface area contributed by atoms with Crippen LogP contribution < -0.4 is 5.73 Å². The van der Waals surface area contributed by atoms with E-state index in [0.29, 0.717) is 13.1 Å². The first kappa shape index (κ1) is 19.7. The third-order valence-electron chi connectivity index (χ3n) is 5.50. The Bertz CT molecular complexity index is 978. The van der Waals surface area contributed by atoms with E-state index in [4.69, 9.17) is 5.73 Å². The number of amides is 1. The minimum atomic E-state index is -1.65. The van der Waals surface area contributed by atoms with Gasteiger partial charge in [-0.25, -0.2) is 0 Å². The largest absolute Gasteiger partial charge is 0.399 e. The van der Waals surface area contributed by atoms with Crippen molar-refractivity contribution in [3.05, 3.63) is 45.3 Å². The molecule has 0 spiro atoms. The first-order chi connectivity index (χ1) is 13.2. The topological polar surface area (TPSA) is 118 Å². The number of nitrogens with zero attached hydrogens (tertiary/aromatic N) is 4. The SMILES string of the molecule is CC(C)(C)C(=O)N1CC=C2C(C#N)=C(N)C(C#N)(C#N)[C@@H](c3ccsc3)[C@H]2C1. The fraction of sp³-hybridized carbons (Fsp3) is 0.429. The van der Waals surface area contributed by atoms with Crippen molar-refractivity contribution in [2.75, 3.05) is 13.1 Å². The van der Waals surface area contributed by atoms with E-state index in [9.17, 15) is 20.6 Å². The van der Waals surface area contributed by atoms with E-state index in [2.05, 4.69) is 18.2 Å². The molecule has 0 saturated carbocycles. The van der Waals surface area contributed by atoms with Crippen LogP contribution in [0, 0.1) is 50.7 Å². The molecule has 0 unspecified atom stereocenters. The number of thiophene rings is 1. The molecule has 142 valence electrons. The molecule has 0 aromatic carbocycles. The molecule has 0 bridgehead atoms. The Hall–Kier alpha value is -3.08. The fourth-order valence-electron chi connectivity index (χ4n) is 4.15. The van der Waals surface area contributed by atoms with E-state index >= 15 is 0 Å². The van der Waals surface area contributed by atoms with Gasteiger partial charge in [-0.3, -0.25) is 4.79 Å². The average Bonchev–Trinajstić information content (AvgIpc) is 3.19. The van der Waals surface area contributed by atoms with Crippen molar-refractivity contribution in [2.24, 2.45) is 22.5 Å². The van der Waals surface area contributed by atoms with Gasteiger partial charge in [0.05, 0.1) is 23.4 Å². The maximum atomic E-state index is 12.9. The molecular weight excluding hydrogens is 370 g/mol. The summed E-state index contributed by atoms with van der Waals surface area (Å²) in [4.78, 5) is 14.6. The monoisotopic (exact) mass is 391 g/mol. The molecule has 0 saturated heterocycles. The van der Waals surface area contributed by atoms with Crippen LogP contribution in [0.4, 0.5) is 0 Å². The van der Waals surface area contributed by atoms with E-state index in [1.807, 2.05) is 43.7 Å². The predicted molar refractivity (Wildman–Crippen MR) is 105 cm³/mol. The molecule has 0 fully saturated rings. The molecule has 1 aliphatic heterocycles. The number of allylic oxidation sites excluding steroid dienone is 2. The quantitative estimate of drug-likeness (QED) is 0.789. The van der Waals surface area contributed by atoms with Crippen LogP contribution in [0.5, 0.6) is 0 Å². The van der Waals surface area contributed by atoms with Crippen molar-refractivity contribution in [3.8, 4) is 18.2 Å². The van der Waals surface area contributed by atoms with Crippen molar-refractivity contribution in [3.63, 3.8) is 0 Å². The molecule has 3 rings (SSSR count). The second-order valence-electron chi connectivity index (χ2n) is 8.19. The van der Waals surface area contributed by atoms with Crippen LogP contribution >= 0.6 is 11.3 Å². The maximum Gasteiger partial charge on any atom is 0.228 e. The van der Waals surface area contributed by atoms with Gasteiger partial charge in [0.2, 0.25) is 5.91 Å². The van der Waals surface area contributed by atoms with E-state index in [1.165, 1.54) is 11.3 Å². The van der Waals surface area contributed by atoms with Gasteiger partial charge < -0.3 is 10.6 Å². The minimum Gasteiger partial charge on any atom is -0.399 e. The highest BCUT2D eigenvalue weighted by atomic mass is 32.1. The van der Waals surface area contributed by atoms with E-state index in [1.54, 1.807) is 4.90 Å². The second-order valence-corrected chi connectivity index (χ2v) is 8.97. The summed E-state index contributed by atoms with van der Waals surface area (Å²) in [6.07, 6.45) is 1.85. The standard InChI is InChI=1S/C21H21N5OS/c1-20(2,3)19(27)26-6-4-14-15(8-22)18(25)21(11-23,12-24)17(16(14)9-26)13-5-7-28-10-13/h4-5,7,10,16-17H,6,9,25H2,1-3H3/t16-,17-/m0/s1. The molecule has 2 N–H and O–H groups in total. The van der Waals surface area contributed by atoms with Crippen LogP contribution in [0.15, 0.2) is 39.7 Å². The van der Waals surface area contributed by atoms with Gasteiger partial charge in [0, 0.05) is 30.3 Å². The fourth-order valence-corrected chi connectivity index (χ4v) is 4.84. The summed E-state index contributed by atoms with van der Waals surface area (Å²) in [5, 5.41) is 33.5. The molecule has 1 aliphatic carbocycles. The molecule has 1 aromatic heterocycles. The molecule has 28 heavy (non-hydrogen) atoms. The van der Waals surface area contributed by atoms with E-state index in [-0.39, 0.29) is 23.1 Å². The number of nitrogens with two attached hydrogens (primary N) is 1. The van der Waals surface area contributed by atoms with E-state index < -0.39 is 16.7 Å². The molecule has 2 atom stereocenters. The number of hydrogen-bond acceptors (Lipinski definition) is 6. The highest BCUT2D eigenvalue weighted by Gasteiger charge is 2.55. The lowest BCUT2D eigenvalue weighted by Gasteiger charge is -2.46. The van der Waals surface area contributed by atoms with Crippen LogP contribution in [-0.4, -0.2) is 23.9 Å². The molecule has 7 heteroatoms. The molecule has 1 aromatic rings. The Morgan fingerprint density at radius 1 is 1.32 bits per heavy atom. The van der Waals surface area contributed by atoms with Gasteiger partial charge in [-0.15, -0.1) is 0 Å². The van der Waals surface area contributed by atoms with Crippen molar-refractivity contribution in [1.82, 2.24) is 4.90 Å². The lowest BCUT2D eigenvalue weighted by Crippen LogP contribution is -2.51. The van der Waals surface area contributed by atoms with Gasteiger partial charge in [0.25, 0.3) is 0 Å². The van der Waals surface area contributed by atoms with Gasteiger partial charge in [0.1, 0.15) is 6.07 Å². The zero-order chi connectivity index (χ0) is 20.7. The maximum absolute atomic E-state index is 12.9. The van der Waals surface area contributed by atoms with Crippen molar-refractivity contribution in [2.45, 2.75) is 26.7 Å². The molecule has 6 nitrogen and oxygen atoms in total. The van der Waals surface area contributed by atoms with Crippen LogP contribution in [0.3, 0.4) is 0 Å². The highest BCUT2D eigenvalue weighted by molar-refractivity contribution is 7.08. The van der Waals surface area contributed by atoms with Gasteiger partial charge in [0.15, 0.2) is 5.41 Å². The third-order valence-corrected chi connectivity index (χ3v) is 6.20. The Labute approximate surface area is 168 Å². The van der Waals surface area contributed by atoms with Gasteiger partial charge in [-0.1, -0.05) is 26.8 Å². The Morgan fingerprint density at radius 3 is 2.50 bits per heavy atom. The summed E-state index contributed by atoms with van der Waals surface area (Å²) in [6, 6.07) is 8.19. The number of nitriles is 3. The van der Waals surface area contributed by atoms with Crippen molar-refractivity contribution < 1.29 is 4.79 Å². The summed E-state index contributed by atoms with van der Waals surface area (Å²) in [7, 11) is 0. The Morgan fingerprint density at radius 2 is 2.00 bits per heavy atom. The molecule has 0 radical (unpaired) electrons. The summed E-state index contributed by atoms with van der Waals surface area (Å²) in [5.74, 6) is -0.906. The van der Waals surface area contributed by atoms with Crippen LogP contribution in [0.25, 0.3) is 0 Å². The molecule has 1 amide bonds. The summed E-state index contributed by atoms with van der Waals surface area (Å²) in [6.45, 7) is 6.30. The van der Waals surface area contributed by atoms with Gasteiger partial charge in [-0.05, 0) is 28.0 Å². The number of carbonyl (C=O) groups excluding carboxylic acids is 1. The normalized spacial score (nSPS) is 23.7. The number of fused-ring (bicyclic) bond motifs is 1. The van der Waals surface area contributed by atoms with Crippen molar-refractivity contribution in [1.29, 1.82) is 15.8 Å². The summed E-state index contributed by atoms with van der Waals surface area (Å²) in [5.41, 5.74) is 5.82. The van der Waals surface area contributed by atoms with Crippen LogP contribution in [0.1, 0.15) is 32.3 Å². The smallest absolute Gasteiger partial charge is 0.228 e. The average molecular weight is 392 g/mol. The second kappa shape index (κ2) is 6.82. The predicted octanol–water partition coefficient (Wildman–Crippen LogP) is 3.05. The van der Waals surface area contributed by atoms with E-state index in [0.717, 1.165) is 11.1 Å². The number of rotatable bonds is 1. The lowest BCUT2D eigenvalue weighted by molar-refractivity contribution is -0.139. The van der Waals surface area contributed by atoms with Crippen LogP contribution in [-0.2, 0) is 4.79 Å². The third kappa shape index (κ3) is 2.78. The summed E-state index contributed by atoms with van der Waals surface area (Å²) >= 11 is 1.47. The zero-order valence-electron chi connectivity index (χ0n) is 16.1. The molecule has 2 heterocycles. The first-order valence-corrected chi connectivity index (χ1v) is 9.90. The lowest BCUT2D eigenvalue weighted by atomic mass is 9.58. The molecular formula is C21H21N5OS. The van der Waals surface area contributed by atoms with Crippen molar-refractivity contribution >= 4 is 17.2 Å². The Balaban J connectivity index is 2.22. The number of carbonyl (C=O) groups is 1. The first-order valence-electron chi connectivity index (χ1n) is 8.96. The molecule has 2 aliphatic rings. The van der Waals surface area contributed by atoms with Gasteiger partial charge >= 0.3 is 0 Å². The highest BCUT2D eigenvalue weighted by Crippen LogP contribution is 2.54. The zero-order valence-corrected chi connectivity index (χ0v) is 16.9.